The van der Waals surface area contributed by atoms with Crippen molar-refractivity contribution in [2.24, 2.45) is 5.73 Å². The molecular weight excluding hydrogens is 208 g/mol. The largest absolute Gasteiger partial charge is 0.329 e. The van der Waals surface area contributed by atoms with E-state index in [0.29, 0.717) is 12.6 Å². The van der Waals surface area contributed by atoms with Crippen LogP contribution in [0.3, 0.4) is 0 Å². The normalized spacial score (nSPS) is 13.2. The van der Waals surface area contributed by atoms with Crippen molar-refractivity contribution in [3.63, 3.8) is 0 Å². The molecule has 0 radical (unpaired) electrons. The SMILES string of the molecule is Cc1cc(Cl)ccc1CN(C)C(C)CN. The summed E-state index contributed by atoms with van der Waals surface area (Å²) in [5.74, 6) is 0. The van der Waals surface area contributed by atoms with Crippen LogP contribution in [0.15, 0.2) is 18.2 Å². The molecule has 1 atom stereocenters. The molecule has 1 unspecified atom stereocenters. The second kappa shape index (κ2) is 5.50. The number of halogens is 1. The minimum absolute atomic E-state index is 0.403. The zero-order valence-corrected chi connectivity index (χ0v) is 10.4. The molecule has 0 spiro atoms. The number of hydrogen-bond acceptors (Lipinski definition) is 2. The number of benzene rings is 1. The Balaban J connectivity index is 2.72. The van der Waals surface area contributed by atoms with Gasteiger partial charge in [-0.2, -0.15) is 0 Å². The Bertz CT molecular complexity index is 325. The van der Waals surface area contributed by atoms with Gasteiger partial charge in [-0.05, 0) is 44.2 Å². The fraction of sp³-hybridized carbons (Fsp3) is 0.500. The van der Waals surface area contributed by atoms with Gasteiger partial charge in [-0.15, -0.1) is 0 Å². The second-order valence-corrected chi connectivity index (χ2v) is 4.51. The van der Waals surface area contributed by atoms with Crippen molar-refractivity contribution in [2.75, 3.05) is 13.6 Å². The lowest BCUT2D eigenvalue weighted by atomic mass is 10.1. The summed E-state index contributed by atoms with van der Waals surface area (Å²) in [6, 6.07) is 6.42. The van der Waals surface area contributed by atoms with E-state index in [2.05, 4.69) is 31.9 Å². The van der Waals surface area contributed by atoms with Gasteiger partial charge in [0.25, 0.3) is 0 Å². The molecule has 1 rings (SSSR count). The van der Waals surface area contributed by atoms with Crippen LogP contribution in [-0.4, -0.2) is 24.5 Å². The lowest BCUT2D eigenvalue weighted by Gasteiger charge is -2.24. The topological polar surface area (TPSA) is 29.3 Å². The van der Waals surface area contributed by atoms with E-state index < -0.39 is 0 Å². The minimum Gasteiger partial charge on any atom is -0.329 e. The molecule has 0 aromatic heterocycles. The fourth-order valence-electron chi connectivity index (χ4n) is 1.44. The van der Waals surface area contributed by atoms with E-state index in [1.807, 2.05) is 12.1 Å². The van der Waals surface area contributed by atoms with Crippen LogP contribution in [0.1, 0.15) is 18.1 Å². The Morgan fingerprint density at radius 1 is 1.47 bits per heavy atom. The summed E-state index contributed by atoms with van der Waals surface area (Å²) in [6.07, 6.45) is 0. The Morgan fingerprint density at radius 2 is 2.13 bits per heavy atom. The minimum atomic E-state index is 0.403. The molecule has 0 aliphatic heterocycles. The maximum Gasteiger partial charge on any atom is 0.0408 e. The van der Waals surface area contributed by atoms with Gasteiger partial charge in [0.15, 0.2) is 0 Å². The van der Waals surface area contributed by atoms with Crippen molar-refractivity contribution in [3.8, 4) is 0 Å². The summed E-state index contributed by atoms with van der Waals surface area (Å²) in [4.78, 5) is 2.25. The predicted octanol–water partition coefficient (Wildman–Crippen LogP) is 2.43. The summed E-state index contributed by atoms with van der Waals surface area (Å²) in [5, 5.41) is 0.797. The van der Waals surface area contributed by atoms with E-state index in [1.54, 1.807) is 0 Å². The number of aryl methyl sites for hydroxylation is 1. The van der Waals surface area contributed by atoms with Crippen LogP contribution in [0.4, 0.5) is 0 Å². The third-order valence-electron chi connectivity index (χ3n) is 2.82. The molecule has 0 heterocycles. The van der Waals surface area contributed by atoms with E-state index >= 15 is 0 Å². The molecular formula is C12H19ClN2. The van der Waals surface area contributed by atoms with E-state index in [4.69, 9.17) is 17.3 Å². The Hall–Kier alpha value is -0.570. The van der Waals surface area contributed by atoms with Gasteiger partial charge in [-0.1, -0.05) is 17.7 Å². The summed E-state index contributed by atoms with van der Waals surface area (Å²) < 4.78 is 0. The predicted molar refractivity (Wildman–Crippen MR) is 66.2 cm³/mol. The van der Waals surface area contributed by atoms with Gasteiger partial charge in [0.1, 0.15) is 0 Å². The Kier molecular flexibility index (Phi) is 4.58. The van der Waals surface area contributed by atoms with Crippen LogP contribution in [0.5, 0.6) is 0 Å². The molecule has 1 aromatic carbocycles. The van der Waals surface area contributed by atoms with Gasteiger partial charge in [0.2, 0.25) is 0 Å². The van der Waals surface area contributed by atoms with Gasteiger partial charge in [-0.3, -0.25) is 4.90 Å². The van der Waals surface area contributed by atoms with E-state index in [9.17, 15) is 0 Å². The van der Waals surface area contributed by atoms with Crippen molar-refractivity contribution in [2.45, 2.75) is 26.4 Å². The van der Waals surface area contributed by atoms with Crippen LogP contribution in [0.25, 0.3) is 0 Å². The van der Waals surface area contributed by atoms with E-state index in [-0.39, 0.29) is 0 Å². The summed E-state index contributed by atoms with van der Waals surface area (Å²) in [6.45, 7) is 5.82. The summed E-state index contributed by atoms with van der Waals surface area (Å²) >= 11 is 5.91. The zero-order valence-electron chi connectivity index (χ0n) is 9.63. The highest BCUT2D eigenvalue weighted by Crippen LogP contribution is 2.16. The van der Waals surface area contributed by atoms with Gasteiger partial charge < -0.3 is 5.73 Å². The molecule has 0 aliphatic rings. The molecule has 0 aliphatic carbocycles. The quantitative estimate of drug-likeness (QED) is 0.855. The van der Waals surface area contributed by atoms with Gasteiger partial charge in [-0.25, -0.2) is 0 Å². The van der Waals surface area contributed by atoms with Crippen LogP contribution in [0.2, 0.25) is 5.02 Å². The van der Waals surface area contributed by atoms with Gasteiger partial charge >= 0.3 is 0 Å². The molecule has 3 heteroatoms. The lowest BCUT2D eigenvalue weighted by Crippen LogP contribution is -2.34. The average molecular weight is 227 g/mol. The molecule has 0 amide bonds. The van der Waals surface area contributed by atoms with E-state index in [1.165, 1.54) is 11.1 Å². The van der Waals surface area contributed by atoms with Crippen LogP contribution < -0.4 is 5.73 Å². The highest BCUT2D eigenvalue weighted by atomic mass is 35.5. The molecule has 0 saturated carbocycles. The Labute approximate surface area is 97.0 Å². The molecule has 15 heavy (non-hydrogen) atoms. The first kappa shape index (κ1) is 12.5. The molecule has 1 aromatic rings. The third kappa shape index (κ3) is 3.49. The average Bonchev–Trinajstić information content (AvgIpc) is 2.20. The molecule has 2 nitrogen and oxygen atoms in total. The monoisotopic (exact) mass is 226 g/mol. The van der Waals surface area contributed by atoms with Crippen LogP contribution in [0, 0.1) is 6.92 Å². The molecule has 0 bridgehead atoms. The third-order valence-corrected chi connectivity index (χ3v) is 3.05. The highest BCUT2D eigenvalue weighted by Gasteiger charge is 2.08. The van der Waals surface area contributed by atoms with Crippen molar-refractivity contribution < 1.29 is 0 Å². The molecule has 2 N–H and O–H groups in total. The first-order valence-corrected chi connectivity index (χ1v) is 5.57. The smallest absolute Gasteiger partial charge is 0.0408 e. The van der Waals surface area contributed by atoms with E-state index in [0.717, 1.165) is 11.6 Å². The number of nitrogens with zero attached hydrogens (tertiary/aromatic N) is 1. The second-order valence-electron chi connectivity index (χ2n) is 4.07. The highest BCUT2D eigenvalue weighted by molar-refractivity contribution is 6.30. The maximum atomic E-state index is 5.91. The number of nitrogens with two attached hydrogens (primary N) is 1. The Morgan fingerprint density at radius 3 is 2.67 bits per heavy atom. The zero-order chi connectivity index (χ0) is 11.4. The van der Waals surface area contributed by atoms with Gasteiger partial charge in [0.05, 0.1) is 0 Å². The summed E-state index contributed by atoms with van der Waals surface area (Å²) in [7, 11) is 2.09. The van der Waals surface area contributed by atoms with Gasteiger partial charge in [0, 0.05) is 24.2 Å². The fourth-order valence-corrected chi connectivity index (χ4v) is 1.67. The molecule has 84 valence electrons. The number of rotatable bonds is 4. The van der Waals surface area contributed by atoms with Crippen molar-refractivity contribution in [3.05, 3.63) is 34.3 Å². The standard InChI is InChI=1S/C12H19ClN2/c1-9-6-12(13)5-4-11(9)8-15(3)10(2)7-14/h4-6,10H,7-8,14H2,1-3H3. The summed E-state index contributed by atoms with van der Waals surface area (Å²) in [5.41, 5.74) is 8.17. The molecule has 0 saturated heterocycles. The first-order chi connectivity index (χ1) is 7.04. The maximum absolute atomic E-state index is 5.91. The first-order valence-electron chi connectivity index (χ1n) is 5.20. The van der Waals surface area contributed by atoms with Crippen LogP contribution >= 0.6 is 11.6 Å². The van der Waals surface area contributed by atoms with Crippen molar-refractivity contribution in [1.29, 1.82) is 0 Å². The molecule has 0 fully saturated rings. The van der Waals surface area contributed by atoms with Crippen LogP contribution in [-0.2, 0) is 6.54 Å². The number of likely N-dealkylation sites (N-methyl/N-ethyl adjacent to an activating group) is 1. The van der Waals surface area contributed by atoms with Crippen molar-refractivity contribution in [1.82, 2.24) is 4.90 Å². The lowest BCUT2D eigenvalue weighted by molar-refractivity contribution is 0.254. The van der Waals surface area contributed by atoms with Crippen molar-refractivity contribution >= 4 is 11.6 Å². The number of hydrogen-bond donors (Lipinski definition) is 1.